The van der Waals surface area contributed by atoms with Crippen molar-refractivity contribution in [3.63, 3.8) is 0 Å². The Bertz CT molecular complexity index is 1660. The first-order chi connectivity index (χ1) is 20.2. The van der Waals surface area contributed by atoms with E-state index in [0.717, 1.165) is 11.1 Å². The Morgan fingerprint density at radius 2 is 1.62 bits per heavy atom. The van der Waals surface area contributed by atoms with Crippen LogP contribution in [0.25, 0.3) is 10.9 Å². The molecule has 9 nitrogen and oxygen atoms in total. The van der Waals surface area contributed by atoms with Crippen LogP contribution in [0.15, 0.2) is 58.5 Å². The van der Waals surface area contributed by atoms with Crippen LogP contribution in [0.1, 0.15) is 24.5 Å². The second-order valence-electron chi connectivity index (χ2n) is 9.48. The molecule has 0 saturated carbocycles. The largest absolute Gasteiger partial charge is 0.493 e. The molecule has 222 valence electrons. The number of benzene rings is 3. The molecule has 0 aliphatic carbocycles. The maximum Gasteiger partial charge on any atom is 0.262 e. The van der Waals surface area contributed by atoms with Crippen LogP contribution in [0.5, 0.6) is 23.0 Å². The molecule has 0 radical (unpaired) electrons. The summed E-state index contributed by atoms with van der Waals surface area (Å²) < 4.78 is 23.3. The molecule has 0 spiro atoms. The molecule has 42 heavy (non-hydrogen) atoms. The summed E-state index contributed by atoms with van der Waals surface area (Å²) in [5, 5.41) is 3.79. The number of amides is 1. The van der Waals surface area contributed by atoms with Crippen molar-refractivity contribution in [1.29, 1.82) is 0 Å². The highest BCUT2D eigenvalue weighted by Gasteiger charge is 2.23. The summed E-state index contributed by atoms with van der Waals surface area (Å²) in [7, 11) is 6.20. The molecule has 1 atom stereocenters. The van der Waals surface area contributed by atoms with Gasteiger partial charge in [0, 0.05) is 23.3 Å². The quantitative estimate of drug-likeness (QED) is 0.150. The minimum Gasteiger partial charge on any atom is -0.493 e. The lowest BCUT2D eigenvalue weighted by atomic mass is 10.1. The van der Waals surface area contributed by atoms with Crippen molar-refractivity contribution in [3.8, 4) is 23.0 Å². The Balaban J connectivity index is 1.73. The highest BCUT2D eigenvalue weighted by molar-refractivity contribution is 8.00. The van der Waals surface area contributed by atoms with Crippen LogP contribution in [0.3, 0.4) is 0 Å². The molecular weight excluding hydrogens is 578 g/mol. The zero-order valence-corrected chi connectivity index (χ0v) is 26.0. The van der Waals surface area contributed by atoms with E-state index in [1.54, 1.807) is 37.0 Å². The maximum atomic E-state index is 13.9. The van der Waals surface area contributed by atoms with Crippen LogP contribution in [-0.4, -0.2) is 49.1 Å². The van der Waals surface area contributed by atoms with Gasteiger partial charge in [0.05, 0.1) is 44.6 Å². The Hall–Kier alpha value is -3.89. The first-order valence-corrected chi connectivity index (χ1v) is 14.6. The molecule has 1 aromatic heterocycles. The van der Waals surface area contributed by atoms with Crippen molar-refractivity contribution in [2.24, 2.45) is 0 Å². The average molecular weight is 612 g/mol. The van der Waals surface area contributed by atoms with Crippen LogP contribution in [0.4, 0.5) is 5.69 Å². The fraction of sp³-hybridized carbons (Fsp3) is 0.323. The van der Waals surface area contributed by atoms with E-state index >= 15 is 0 Å². The van der Waals surface area contributed by atoms with Crippen LogP contribution in [0, 0.1) is 6.92 Å². The third-order valence-corrected chi connectivity index (χ3v) is 8.61. The van der Waals surface area contributed by atoms with Gasteiger partial charge in [-0.1, -0.05) is 42.4 Å². The lowest BCUT2D eigenvalue weighted by Gasteiger charge is -2.19. The van der Waals surface area contributed by atoms with Crippen molar-refractivity contribution in [2.45, 2.75) is 43.6 Å². The van der Waals surface area contributed by atoms with Crippen LogP contribution >= 0.6 is 23.4 Å². The number of aromatic nitrogens is 2. The number of nitrogens with zero attached hydrogens (tertiary/aromatic N) is 2. The van der Waals surface area contributed by atoms with E-state index in [2.05, 4.69) is 5.32 Å². The number of ether oxygens (including phenoxy) is 4. The first kappa shape index (κ1) is 31.1. The van der Waals surface area contributed by atoms with Crippen molar-refractivity contribution in [2.75, 3.05) is 33.8 Å². The topological polar surface area (TPSA) is 101 Å². The molecular formula is C31H34ClN3O6S. The normalized spacial score (nSPS) is 11.7. The Kier molecular flexibility index (Phi) is 10.2. The number of rotatable bonds is 12. The minimum absolute atomic E-state index is 0.212. The molecule has 1 N–H and O–H groups in total. The lowest BCUT2D eigenvalue weighted by Crippen LogP contribution is -2.28. The number of hydrogen-bond acceptors (Lipinski definition) is 8. The number of aryl methyl sites for hydroxylation is 2. The molecule has 0 unspecified atom stereocenters. The zero-order valence-electron chi connectivity index (χ0n) is 24.4. The predicted octanol–water partition coefficient (Wildman–Crippen LogP) is 6.14. The number of carbonyl (C=O) groups excluding carboxylic acids is 1. The lowest BCUT2D eigenvalue weighted by molar-refractivity contribution is -0.115. The van der Waals surface area contributed by atoms with E-state index < -0.39 is 5.25 Å². The fourth-order valence-electron chi connectivity index (χ4n) is 4.43. The van der Waals surface area contributed by atoms with Crippen LogP contribution < -0.4 is 29.8 Å². The molecule has 1 heterocycles. The third kappa shape index (κ3) is 6.77. The van der Waals surface area contributed by atoms with Gasteiger partial charge in [0.15, 0.2) is 28.2 Å². The van der Waals surface area contributed by atoms with Gasteiger partial charge in [0.1, 0.15) is 0 Å². The first-order valence-electron chi connectivity index (χ1n) is 13.3. The smallest absolute Gasteiger partial charge is 0.262 e. The minimum atomic E-state index is -0.526. The number of anilines is 1. The number of hydrogen-bond donors (Lipinski definition) is 1. The number of thioether (sulfide) groups is 1. The van der Waals surface area contributed by atoms with Crippen molar-refractivity contribution >= 4 is 45.9 Å². The van der Waals surface area contributed by atoms with Crippen molar-refractivity contribution in [3.05, 3.63) is 75.0 Å². The summed E-state index contributed by atoms with van der Waals surface area (Å²) in [6.45, 7) is 4.13. The molecule has 0 aliphatic heterocycles. The van der Waals surface area contributed by atoms with E-state index in [0.29, 0.717) is 69.2 Å². The highest BCUT2D eigenvalue weighted by Crippen LogP contribution is 2.33. The number of halogens is 1. The molecule has 0 saturated heterocycles. The standard InChI is InChI=1S/C31H34ClN3O6S/c1-7-28(29(36)33-20-10-8-18(2)22(32)15-20)42-31-34-23-17-27(41-6)26(40-5)16-21(23)30(37)35(31)13-12-19-9-11-24(38-3)25(14-19)39-4/h8-11,14-17,28H,7,12-13H2,1-6H3,(H,33,36)/t28-/m1/s1. The van der Waals surface area contributed by atoms with E-state index in [9.17, 15) is 9.59 Å². The number of carbonyl (C=O) groups is 1. The Morgan fingerprint density at radius 3 is 2.26 bits per heavy atom. The molecule has 3 aromatic carbocycles. The summed E-state index contributed by atoms with van der Waals surface area (Å²) in [5.41, 5.74) is 2.67. The maximum absolute atomic E-state index is 13.9. The van der Waals surface area contributed by atoms with Crippen molar-refractivity contribution in [1.82, 2.24) is 9.55 Å². The molecule has 1 amide bonds. The summed E-state index contributed by atoms with van der Waals surface area (Å²) in [5.74, 6) is 1.89. The van der Waals surface area contributed by atoms with E-state index in [1.807, 2.05) is 44.2 Å². The average Bonchev–Trinajstić information content (AvgIpc) is 3.00. The molecule has 4 aromatic rings. The predicted molar refractivity (Wildman–Crippen MR) is 167 cm³/mol. The Labute approximate surface area is 254 Å². The van der Waals surface area contributed by atoms with Crippen LogP contribution in [0.2, 0.25) is 5.02 Å². The Morgan fingerprint density at radius 1 is 0.952 bits per heavy atom. The summed E-state index contributed by atoms with van der Waals surface area (Å²) in [6, 6.07) is 14.3. The molecule has 0 aliphatic rings. The van der Waals surface area contributed by atoms with Gasteiger partial charge in [-0.3, -0.25) is 14.2 Å². The van der Waals surface area contributed by atoms with Gasteiger partial charge >= 0.3 is 0 Å². The second kappa shape index (κ2) is 13.8. The van der Waals surface area contributed by atoms with Gasteiger partial charge in [0.2, 0.25) is 5.91 Å². The van der Waals surface area contributed by atoms with Gasteiger partial charge in [-0.25, -0.2) is 4.98 Å². The fourth-order valence-corrected chi connectivity index (χ4v) is 5.65. The van der Waals surface area contributed by atoms with Gasteiger partial charge < -0.3 is 24.3 Å². The molecule has 11 heteroatoms. The highest BCUT2D eigenvalue weighted by atomic mass is 35.5. The van der Waals surface area contributed by atoms with Crippen LogP contribution in [-0.2, 0) is 17.8 Å². The zero-order chi connectivity index (χ0) is 30.4. The molecule has 0 bridgehead atoms. The SMILES string of the molecule is CC[C@@H](Sc1nc2cc(OC)c(OC)cc2c(=O)n1CCc1ccc(OC)c(OC)c1)C(=O)Nc1ccc(C)c(Cl)c1. The molecule has 4 rings (SSSR count). The molecule has 0 fully saturated rings. The second-order valence-corrected chi connectivity index (χ2v) is 11.1. The van der Waals surface area contributed by atoms with E-state index in [1.165, 1.54) is 26.0 Å². The third-order valence-electron chi connectivity index (χ3n) is 6.85. The monoisotopic (exact) mass is 611 g/mol. The van der Waals surface area contributed by atoms with E-state index in [-0.39, 0.29) is 11.5 Å². The van der Waals surface area contributed by atoms with Gasteiger partial charge in [-0.15, -0.1) is 0 Å². The van der Waals surface area contributed by atoms with Gasteiger partial charge in [-0.05, 0) is 61.2 Å². The summed E-state index contributed by atoms with van der Waals surface area (Å²) >= 11 is 7.50. The van der Waals surface area contributed by atoms with Gasteiger partial charge in [0.25, 0.3) is 5.56 Å². The van der Waals surface area contributed by atoms with E-state index in [4.69, 9.17) is 35.5 Å². The van der Waals surface area contributed by atoms with Gasteiger partial charge in [-0.2, -0.15) is 0 Å². The number of nitrogens with one attached hydrogen (secondary N) is 1. The van der Waals surface area contributed by atoms with Crippen molar-refractivity contribution < 1.29 is 23.7 Å². The number of fused-ring (bicyclic) bond motifs is 1. The number of methoxy groups -OCH3 is 4. The summed E-state index contributed by atoms with van der Waals surface area (Å²) in [4.78, 5) is 32.1. The summed E-state index contributed by atoms with van der Waals surface area (Å²) in [6.07, 6.45) is 1.02.